The van der Waals surface area contributed by atoms with Crippen LogP contribution in [-0.4, -0.2) is 34.7 Å². The van der Waals surface area contributed by atoms with E-state index in [9.17, 15) is 9.59 Å². The normalized spacial score (nSPS) is 14.7. The highest BCUT2D eigenvalue weighted by molar-refractivity contribution is 5.80. The van der Waals surface area contributed by atoms with Gasteiger partial charge in [0.25, 0.3) is 5.56 Å². The fourth-order valence-electron chi connectivity index (χ4n) is 2.54. The largest absolute Gasteiger partial charge is 0.444 e. The van der Waals surface area contributed by atoms with Crippen molar-refractivity contribution in [3.63, 3.8) is 0 Å². The first-order valence-corrected chi connectivity index (χ1v) is 8.41. The van der Waals surface area contributed by atoms with Crippen LogP contribution in [0.5, 0.6) is 0 Å². The predicted molar refractivity (Wildman–Crippen MR) is 96.2 cm³/mol. The molecule has 1 fully saturated rings. The number of nitrogens with one attached hydrogen (secondary N) is 1. The molecule has 0 aliphatic carbocycles. The monoisotopic (exact) mass is 330 g/mol. The molecule has 24 heavy (non-hydrogen) atoms. The highest BCUT2D eigenvalue weighted by Crippen LogP contribution is 2.14. The number of likely N-dealkylation sites (tertiary alicyclic amines) is 1. The van der Waals surface area contributed by atoms with Crippen LogP contribution < -0.4 is 5.56 Å². The molecular formula is C19H26N2O3. The van der Waals surface area contributed by atoms with Crippen LogP contribution in [0.1, 0.15) is 40.0 Å². The summed E-state index contributed by atoms with van der Waals surface area (Å²) in [6.07, 6.45) is 4.95. The maximum Gasteiger partial charge on any atom is 0.410 e. The van der Waals surface area contributed by atoms with Crippen LogP contribution in [0, 0.1) is 0 Å². The molecule has 1 N–H and O–H groups in total. The van der Waals surface area contributed by atoms with Crippen LogP contribution in [0.25, 0.3) is 10.8 Å². The first-order chi connectivity index (χ1) is 11.4. The molecule has 0 bridgehead atoms. The summed E-state index contributed by atoms with van der Waals surface area (Å²) >= 11 is 0. The van der Waals surface area contributed by atoms with Gasteiger partial charge in [-0.05, 0) is 57.6 Å². The zero-order valence-corrected chi connectivity index (χ0v) is 14.7. The van der Waals surface area contributed by atoms with Gasteiger partial charge in [-0.25, -0.2) is 4.79 Å². The molecular weight excluding hydrogens is 304 g/mol. The van der Waals surface area contributed by atoms with E-state index in [-0.39, 0.29) is 17.3 Å². The van der Waals surface area contributed by atoms with Crippen molar-refractivity contribution >= 4 is 16.9 Å². The second-order valence-corrected chi connectivity index (χ2v) is 6.92. The Labute approximate surface area is 142 Å². The minimum Gasteiger partial charge on any atom is -0.444 e. The number of hydrogen-bond donors (Lipinski definition) is 1. The predicted octanol–water partition coefficient (Wildman–Crippen LogP) is 3.94. The fourth-order valence-corrected chi connectivity index (χ4v) is 2.54. The Kier molecular flexibility index (Phi) is 6.01. The molecule has 2 aromatic rings. The lowest BCUT2D eigenvalue weighted by molar-refractivity contribution is 0.0216. The van der Waals surface area contributed by atoms with Crippen LogP contribution in [-0.2, 0) is 4.74 Å². The van der Waals surface area contributed by atoms with Crippen LogP contribution in [0.15, 0.2) is 41.3 Å². The zero-order chi connectivity index (χ0) is 17.6. The number of amides is 1. The molecule has 0 unspecified atom stereocenters. The lowest BCUT2D eigenvalue weighted by atomic mass is 10.1. The molecule has 1 aromatic heterocycles. The summed E-state index contributed by atoms with van der Waals surface area (Å²) < 4.78 is 5.26. The van der Waals surface area contributed by atoms with E-state index in [0.29, 0.717) is 0 Å². The summed E-state index contributed by atoms with van der Waals surface area (Å²) in [5.41, 5.74) is -0.391. The van der Waals surface area contributed by atoms with E-state index in [0.717, 1.165) is 36.7 Å². The number of nitrogens with zero attached hydrogens (tertiary/aromatic N) is 1. The highest BCUT2D eigenvalue weighted by atomic mass is 16.6. The molecule has 1 aliphatic rings. The van der Waals surface area contributed by atoms with Gasteiger partial charge >= 0.3 is 6.09 Å². The smallest absolute Gasteiger partial charge is 0.410 e. The van der Waals surface area contributed by atoms with Gasteiger partial charge in [0.15, 0.2) is 0 Å². The van der Waals surface area contributed by atoms with E-state index < -0.39 is 0 Å². The van der Waals surface area contributed by atoms with Crippen molar-refractivity contribution in [2.24, 2.45) is 0 Å². The van der Waals surface area contributed by atoms with Gasteiger partial charge in [0, 0.05) is 24.7 Å². The maximum atomic E-state index is 11.5. The minimum absolute atomic E-state index is 0.0249. The summed E-state index contributed by atoms with van der Waals surface area (Å²) in [5.74, 6) is 0. The van der Waals surface area contributed by atoms with Gasteiger partial charge in [-0.1, -0.05) is 18.2 Å². The number of benzene rings is 1. The Balaban J connectivity index is 0.000000175. The average Bonchev–Trinajstić information content (AvgIpc) is 2.55. The van der Waals surface area contributed by atoms with Crippen LogP contribution in [0.2, 0.25) is 0 Å². The molecule has 0 radical (unpaired) electrons. The van der Waals surface area contributed by atoms with E-state index >= 15 is 0 Å². The Morgan fingerprint density at radius 1 is 1.08 bits per heavy atom. The zero-order valence-electron chi connectivity index (χ0n) is 14.7. The SMILES string of the molecule is CC(C)(C)OC(=O)N1CCCCC1.O=c1[nH]ccc2ccccc12. The first kappa shape index (κ1) is 18.0. The Morgan fingerprint density at radius 2 is 1.75 bits per heavy atom. The van der Waals surface area contributed by atoms with Crippen molar-refractivity contribution in [1.82, 2.24) is 9.88 Å². The lowest BCUT2D eigenvalue weighted by Gasteiger charge is -2.29. The number of pyridine rings is 1. The quantitative estimate of drug-likeness (QED) is 0.796. The number of ether oxygens (including phenoxy) is 1. The minimum atomic E-state index is -0.367. The van der Waals surface area contributed by atoms with Gasteiger partial charge < -0.3 is 14.6 Å². The molecule has 0 atom stereocenters. The second-order valence-electron chi connectivity index (χ2n) is 6.92. The highest BCUT2D eigenvalue weighted by Gasteiger charge is 2.22. The third-order valence-corrected chi connectivity index (χ3v) is 3.69. The van der Waals surface area contributed by atoms with E-state index in [4.69, 9.17) is 4.74 Å². The number of carbonyl (C=O) groups excluding carboxylic acids is 1. The van der Waals surface area contributed by atoms with Crippen molar-refractivity contribution in [2.75, 3.05) is 13.1 Å². The molecule has 0 spiro atoms. The molecule has 1 saturated heterocycles. The number of aromatic nitrogens is 1. The number of rotatable bonds is 0. The van der Waals surface area contributed by atoms with Crippen molar-refractivity contribution in [1.29, 1.82) is 0 Å². The summed E-state index contributed by atoms with van der Waals surface area (Å²) in [7, 11) is 0. The summed E-state index contributed by atoms with van der Waals surface area (Å²) in [4.78, 5) is 27.1. The van der Waals surface area contributed by atoms with Crippen LogP contribution >= 0.6 is 0 Å². The van der Waals surface area contributed by atoms with Crippen LogP contribution in [0.3, 0.4) is 0 Å². The van der Waals surface area contributed by atoms with Crippen molar-refractivity contribution in [3.05, 3.63) is 46.9 Å². The van der Waals surface area contributed by atoms with E-state index in [2.05, 4.69) is 4.98 Å². The van der Waals surface area contributed by atoms with E-state index in [1.807, 2.05) is 51.1 Å². The third-order valence-electron chi connectivity index (χ3n) is 3.69. The number of fused-ring (bicyclic) bond motifs is 1. The maximum absolute atomic E-state index is 11.5. The number of carbonyl (C=O) groups is 1. The Bertz CT molecular complexity index is 720. The Morgan fingerprint density at radius 3 is 2.38 bits per heavy atom. The fraction of sp³-hybridized carbons (Fsp3) is 0.474. The topological polar surface area (TPSA) is 62.4 Å². The van der Waals surface area contributed by atoms with Crippen molar-refractivity contribution < 1.29 is 9.53 Å². The number of H-pyrrole nitrogens is 1. The van der Waals surface area contributed by atoms with Gasteiger partial charge in [-0.15, -0.1) is 0 Å². The summed E-state index contributed by atoms with van der Waals surface area (Å²) in [6.45, 7) is 7.41. The molecule has 1 amide bonds. The number of hydrogen-bond acceptors (Lipinski definition) is 3. The second kappa shape index (κ2) is 7.99. The molecule has 5 nitrogen and oxygen atoms in total. The van der Waals surface area contributed by atoms with Gasteiger partial charge in [0.1, 0.15) is 5.60 Å². The van der Waals surface area contributed by atoms with E-state index in [1.54, 1.807) is 11.1 Å². The average molecular weight is 330 g/mol. The molecule has 1 aromatic carbocycles. The van der Waals surface area contributed by atoms with Crippen molar-refractivity contribution in [3.8, 4) is 0 Å². The molecule has 2 heterocycles. The third kappa shape index (κ3) is 5.41. The molecule has 1 aliphatic heterocycles. The number of aromatic amines is 1. The number of piperidine rings is 1. The van der Waals surface area contributed by atoms with E-state index in [1.165, 1.54) is 6.42 Å². The van der Waals surface area contributed by atoms with Crippen LogP contribution in [0.4, 0.5) is 4.79 Å². The summed E-state index contributed by atoms with van der Waals surface area (Å²) in [6, 6.07) is 9.40. The van der Waals surface area contributed by atoms with Gasteiger partial charge in [-0.2, -0.15) is 0 Å². The van der Waals surface area contributed by atoms with Gasteiger partial charge in [-0.3, -0.25) is 4.79 Å². The molecule has 130 valence electrons. The van der Waals surface area contributed by atoms with Crippen molar-refractivity contribution in [2.45, 2.75) is 45.6 Å². The summed E-state index contributed by atoms with van der Waals surface area (Å²) in [5, 5.41) is 1.73. The molecule has 3 rings (SSSR count). The standard InChI is InChI=1S/C10H19NO2.C9H7NO/c1-10(2,3)13-9(12)11-7-5-4-6-8-11;11-9-8-4-2-1-3-7(8)5-6-10-9/h4-8H2,1-3H3;1-6H,(H,10,11). The van der Waals surface area contributed by atoms with Gasteiger partial charge in [0.05, 0.1) is 0 Å². The van der Waals surface area contributed by atoms with Gasteiger partial charge in [0.2, 0.25) is 0 Å². The first-order valence-electron chi connectivity index (χ1n) is 8.41. The Hall–Kier alpha value is -2.30. The molecule has 0 saturated carbocycles. The lowest BCUT2D eigenvalue weighted by Crippen LogP contribution is -2.39. The molecule has 5 heteroatoms.